The van der Waals surface area contributed by atoms with Crippen molar-refractivity contribution in [2.24, 2.45) is 5.73 Å². The van der Waals surface area contributed by atoms with Crippen molar-refractivity contribution in [3.8, 4) is 0 Å². The summed E-state index contributed by atoms with van der Waals surface area (Å²) in [7, 11) is 2.09. The molecule has 3 atom stereocenters. The summed E-state index contributed by atoms with van der Waals surface area (Å²) in [6, 6.07) is 16.0. The van der Waals surface area contributed by atoms with Gasteiger partial charge in [0.25, 0.3) is 0 Å². The first-order valence-corrected chi connectivity index (χ1v) is 7.88. The van der Waals surface area contributed by atoms with Gasteiger partial charge in [0.15, 0.2) is 0 Å². The van der Waals surface area contributed by atoms with E-state index in [0.717, 1.165) is 5.56 Å². The Morgan fingerprint density at radius 3 is 2.52 bits per heavy atom. The van der Waals surface area contributed by atoms with Gasteiger partial charge in [0, 0.05) is 24.5 Å². The number of rotatable bonds is 3. The molecule has 0 saturated heterocycles. The number of carbonyl (C=O) groups is 1. The molecular formula is C19H22N2O2. The van der Waals surface area contributed by atoms with E-state index in [1.165, 1.54) is 11.1 Å². The van der Waals surface area contributed by atoms with Crippen molar-refractivity contribution in [3.05, 3.63) is 70.8 Å². The Bertz CT molecular complexity index is 729. The van der Waals surface area contributed by atoms with Gasteiger partial charge < -0.3 is 10.8 Å². The maximum Gasteiger partial charge on any atom is 0.335 e. The third kappa shape index (κ3) is 2.64. The van der Waals surface area contributed by atoms with Crippen LogP contribution >= 0.6 is 0 Å². The number of carboxylic acids is 1. The summed E-state index contributed by atoms with van der Waals surface area (Å²) >= 11 is 0. The quantitative estimate of drug-likeness (QED) is 0.915. The average Bonchev–Trinajstić information content (AvgIpc) is 2.56. The van der Waals surface area contributed by atoms with E-state index in [9.17, 15) is 9.90 Å². The first kappa shape index (κ1) is 15.7. The summed E-state index contributed by atoms with van der Waals surface area (Å²) in [6.45, 7) is 2.75. The highest BCUT2D eigenvalue weighted by Gasteiger charge is 2.36. The second kappa shape index (κ2) is 6.14. The highest BCUT2D eigenvalue weighted by atomic mass is 16.4. The lowest BCUT2D eigenvalue weighted by molar-refractivity contribution is 0.0696. The second-order valence-electron chi connectivity index (χ2n) is 6.19. The minimum Gasteiger partial charge on any atom is -0.478 e. The zero-order valence-electron chi connectivity index (χ0n) is 13.4. The van der Waals surface area contributed by atoms with E-state index >= 15 is 0 Å². The Kier molecular flexibility index (Phi) is 4.20. The molecule has 120 valence electrons. The van der Waals surface area contributed by atoms with E-state index in [1.54, 1.807) is 12.1 Å². The van der Waals surface area contributed by atoms with Gasteiger partial charge in [-0.15, -0.1) is 0 Å². The minimum absolute atomic E-state index is 0.137. The smallest absolute Gasteiger partial charge is 0.335 e. The number of hydrogen-bond donors (Lipinski definition) is 2. The first-order chi connectivity index (χ1) is 11.0. The maximum atomic E-state index is 11.3. The number of nitrogens with two attached hydrogens (primary N) is 1. The van der Waals surface area contributed by atoms with Crippen LogP contribution in [0.25, 0.3) is 0 Å². The Morgan fingerprint density at radius 2 is 1.87 bits per heavy atom. The zero-order chi connectivity index (χ0) is 16.6. The molecule has 3 rings (SSSR count). The number of fused-ring (bicyclic) bond motifs is 1. The predicted octanol–water partition coefficient (Wildman–Crippen LogP) is 2.85. The molecule has 0 saturated carbocycles. The van der Waals surface area contributed by atoms with E-state index < -0.39 is 5.97 Å². The van der Waals surface area contributed by atoms with Crippen molar-refractivity contribution in [2.45, 2.75) is 24.9 Å². The van der Waals surface area contributed by atoms with E-state index in [4.69, 9.17) is 5.73 Å². The fourth-order valence-corrected chi connectivity index (χ4v) is 3.71. The molecule has 2 aromatic carbocycles. The van der Waals surface area contributed by atoms with Crippen LogP contribution in [0.4, 0.5) is 0 Å². The number of likely N-dealkylation sites (N-methyl/N-ethyl adjacent to an activating group) is 1. The summed E-state index contributed by atoms with van der Waals surface area (Å²) in [6.07, 6.45) is 0. The number of nitrogens with zero attached hydrogens (tertiary/aromatic N) is 1. The van der Waals surface area contributed by atoms with Gasteiger partial charge in [-0.05, 0) is 42.8 Å². The predicted molar refractivity (Wildman–Crippen MR) is 90.7 cm³/mol. The molecule has 4 heteroatoms. The van der Waals surface area contributed by atoms with E-state index in [1.807, 2.05) is 24.3 Å². The van der Waals surface area contributed by atoms with Crippen LogP contribution in [-0.4, -0.2) is 35.6 Å². The molecule has 0 aromatic heterocycles. The summed E-state index contributed by atoms with van der Waals surface area (Å²) in [5, 5.41) is 9.27. The van der Waals surface area contributed by atoms with Crippen LogP contribution in [0.15, 0.2) is 48.5 Å². The van der Waals surface area contributed by atoms with Crippen LogP contribution < -0.4 is 5.73 Å². The Labute approximate surface area is 136 Å². The van der Waals surface area contributed by atoms with Crippen LogP contribution in [0.5, 0.6) is 0 Å². The summed E-state index contributed by atoms with van der Waals surface area (Å²) in [5.74, 6) is -0.755. The van der Waals surface area contributed by atoms with E-state index in [0.29, 0.717) is 12.1 Å². The molecular weight excluding hydrogens is 288 g/mol. The third-order valence-electron chi connectivity index (χ3n) is 5.02. The molecule has 2 aromatic rings. The Balaban J connectivity index is 2.15. The SMILES string of the molecule is CC1C(c2cccc(C(=O)O)c2)c2ccccc2C(CN)N1C. The normalized spacial score (nSPS) is 24.2. The molecule has 3 unspecified atom stereocenters. The van der Waals surface area contributed by atoms with E-state index in [2.05, 4.69) is 31.0 Å². The van der Waals surface area contributed by atoms with Gasteiger partial charge >= 0.3 is 5.97 Å². The first-order valence-electron chi connectivity index (χ1n) is 7.88. The largest absolute Gasteiger partial charge is 0.478 e. The fraction of sp³-hybridized carbons (Fsp3) is 0.316. The molecule has 1 aliphatic heterocycles. The summed E-state index contributed by atoms with van der Waals surface area (Å²) in [4.78, 5) is 13.6. The van der Waals surface area contributed by atoms with Gasteiger partial charge in [-0.1, -0.05) is 36.4 Å². The standard InChI is InChI=1S/C19H22N2O2/c1-12-18(13-6-5-7-14(10-13)19(22)23)16-9-4-3-8-15(16)17(11-20)21(12)2/h3-10,12,17-18H,11,20H2,1-2H3,(H,22,23). The lowest BCUT2D eigenvalue weighted by atomic mass is 9.76. The van der Waals surface area contributed by atoms with Gasteiger partial charge in [0.1, 0.15) is 0 Å². The van der Waals surface area contributed by atoms with Crippen molar-refractivity contribution in [1.29, 1.82) is 0 Å². The fourth-order valence-electron chi connectivity index (χ4n) is 3.71. The molecule has 0 bridgehead atoms. The molecule has 0 aliphatic carbocycles. The van der Waals surface area contributed by atoms with Crippen LogP contribution in [0.3, 0.4) is 0 Å². The van der Waals surface area contributed by atoms with Crippen LogP contribution in [0, 0.1) is 0 Å². The molecule has 4 nitrogen and oxygen atoms in total. The van der Waals surface area contributed by atoms with Gasteiger partial charge in [-0.2, -0.15) is 0 Å². The lowest BCUT2D eigenvalue weighted by Gasteiger charge is -2.44. The van der Waals surface area contributed by atoms with Crippen molar-refractivity contribution in [2.75, 3.05) is 13.6 Å². The number of aromatic carboxylic acids is 1. The number of benzene rings is 2. The van der Waals surface area contributed by atoms with Crippen molar-refractivity contribution >= 4 is 5.97 Å². The van der Waals surface area contributed by atoms with Gasteiger partial charge in [-0.25, -0.2) is 4.79 Å². The second-order valence-corrected chi connectivity index (χ2v) is 6.19. The molecule has 0 spiro atoms. The summed E-state index contributed by atoms with van der Waals surface area (Å²) < 4.78 is 0. The highest BCUT2D eigenvalue weighted by Crippen LogP contribution is 2.42. The van der Waals surface area contributed by atoms with Crippen molar-refractivity contribution < 1.29 is 9.90 Å². The molecule has 0 radical (unpaired) electrons. The summed E-state index contributed by atoms with van der Waals surface area (Å²) in [5.41, 5.74) is 9.85. The molecule has 1 aliphatic rings. The van der Waals surface area contributed by atoms with Crippen molar-refractivity contribution in [3.63, 3.8) is 0 Å². The third-order valence-corrected chi connectivity index (χ3v) is 5.02. The number of carboxylic acid groups (broad SMARTS) is 1. The Hall–Kier alpha value is -2.17. The maximum absolute atomic E-state index is 11.3. The molecule has 23 heavy (non-hydrogen) atoms. The van der Waals surface area contributed by atoms with Gasteiger partial charge in [0.05, 0.1) is 5.56 Å². The van der Waals surface area contributed by atoms with Gasteiger partial charge in [0.2, 0.25) is 0 Å². The minimum atomic E-state index is -0.892. The van der Waals surface area contributed by atoms with Crippen LogP contribution in [-0.2, 0) is 0 Å². The van der Waals surface area contributed by atoms with Crippen molar-refractivity contribution in [1.82, 2.24) is 4.90 Å². The topological polar surface area (TPSA) is 66.6 Å². The molecule has 0 amide bonds. The molecule has 3 N–H and O–H groups in total. The lowest BCUT2D eigenvalue weighted by Crippen LogP contribution is -2.45. The van der Waals surface area contributed by atoms with Crippen LogP contribution in [0.2, 0.25) is 0 Å². The van der Waals surface area contributed by atoms with Gasteiger partial charge in [-0.3, -0.25) is 4.90 Å². The Morgan fingerprint density at radius 1 is 1.17 bits per heavy atom. The zero-order valence-corrected chi connectivity index (χ0v) is 13.4. The van der Waals surface area contributed by atoms with Crippen LogP contribution in [0.1, 0.15) is 45.9 Å². The molecule has 1 heterocycles. The average molecular weight is 310 g/mol. The monoisotopic (exact) mass is 310 g/mol. The van der Waals surface area contributed by atoms with E-state index in [-0.39, 0.29) is 18.0 Å². The highest BCUT2D eigenvalue weighted by molar-refractivity contribution is 5.87. The number of hydrogen-bond acceptors (Lipinski definition) is 3. The molecule has 0 fully saturated rings.